The monoisotopic (exact) mass is 280 g/mol. The Morgan fingerprint density at radius 1 is 1.42 bits per heavy atom. The number of alkyl halides is 3. The summed E-state index contributed by atoms with van der Waals surface area (Å²) in [5.74, 6) is -0.167. The predicted molar refractivity (Wildman–Crippen MR) is 67.7 cm³/mol. The van der Waals surface area contributed by atoms with Gasteiger partial charge in [-0.1, -0.05) is 13.8 Å². The third-order valence-corrected chi connectivity index (χ3v) is 3.17. The van der Waals surface area contributed by atoms with Crippen LogP contribution < -0.4 is 5.32 Å². The zero-order valence-corrected chi connectivity index (χ0v) is 11.6. The molecule has 1 unspecified atom stereocenters. The van der Waals surface area contributed by atoms with Crippen molar-refractivity contribution in [1.29, 1.82) is 0 Å². The van der Waals surface area contributed by atoms with Crippen LogP contribution in [0.2, 0.25) is 0 Å². The molecule has 1 aliphatic rings. The number of carbonyl (C=O) groups is 1. The number of carbonyl (C=O) groups excluding carboxylic acids is 1. The Hall–Kier alpha value is -0.780. The summed E-state index contributed by atoms with van der Waals surface area (Å²) in [5.41, 5.74) is 0. The van der Waals surface area contributed by atoms with Gasteiger partial charge < -0.3 is 10.2 Å². The number of hydrogen-bond acceptors (Lipinski definition) is 2. The van der Waals surface area contributed by atoms with Gasteiger partial charge in [0, 0.05) is 13.0 Å². The summed E-state index contributed by atoms with van der Waals surface area (Å²) in [6.45, 7) is 4.33. The maximum Gasteiger partial charge on any atom is 0.406 e. The molecule has 1 heterocycles. The van der Waals surface area contributed by atoms with Gasteiger partial charge in [0.05, 0.1) is 0 Å². The summed E-state index contributed by atoms with van der Waals surface area (Å²) in [7, 11) is 0. The SMILES string of the molecule is CC(C)CN(CC(F)(F)F)C(=O)CC1CCCNC1. The quantitative estimate of drug-likeness (QED) is 0.839. The normalized spacial score (nSPS) is 20.6. The van der Waals surface area contributed by atoms with Crippen LogP contribution in [0.5, 0.6) is 0 Å². The van der Waals surface area contributed by atoms with Crippen LogP contribution in [-0.4, -0.2) is 43.2 Å². The Bertz CT molecular complexity index is 286. The van der Waals surface area contributed by atoms with E-state index < -0.39 is 12.7 Å². The minimum atomic E-state index is -4.32. The van der Waals surface area contributed by atoms with Gasteiger partial charge in [-0.15, -0.1) is 0 Å². The van der Waals surface area contributed by atoms with E-state index in [1.807, 2.05) is 13.8 Å². The van der Waals surface area contributed by atoms with Gasteiger partial charge >= 0.3 is 6.18 Å². The number of amides is 1. The van der Waals surface area contributed by atoms with E-state index in [0.717, 1.165) is 30.8 Å². The van der Waals surface area contributed by atoms with Gasteiger partial charge in [0.2, 0.25) is 5.91 Å². The number of halogens is 3. The van der Waals surface area contributed by atoms with Crippen LogP contribution in [0.3, 0.4) is 0 Å². The average molecular weight is 280 g/mol. The minimum absolute atomic E-state index is 0.0378. The van der Waals surface area contributed by atoms with E-state index in [1.54, 1.807) is 0 Å². The van der Waals surface area contributed by atoms with E-state index in [-0.39, 0.29) is 30.7 Å². The molecule has 19 heavy (non-hydrogen) atoms. The van der Waals surface area contributed by atoms with Crippen molar-refractivity contribution in [1.82, 2.24) is 10.2 Å². The lowest BCUT2D eigenvalue weighted by Gasteiger charge is -2.29. The highest BCUT2D eigenvalue weighted by atomic mass is 19.4. The molecule has 1 saturated heterocycles. The summed E-state index contributed by atoms with van der Waals surface area (Å²) in [6, 6.07) is 0. The molecule has 1 atom stereocenters. The second-order valence-corrected chi connectivity index (χ2v) is 5.70. The van der Waals surface area contributed by atoms with Crippen LogP contribution in [0.15, 0.2) is 0 Å². The van der Waals surface area contributed by atoms with Gasteiger partial charge in [-0.05, 0) is 37.8 Å². The highest BCUT2D eigenvalue weighted by Gasteiger charge is 2.33. The zero-order chi connectivity index (χ0) is 14.5. The van der Waals surface area contributed by atoms with Crippen molar-refractivity contribution >= 4 is 5.91 Å². The first-order valence-electron chi connectivity index (χ1n) is 6.83. The van der Waals surface area contributed by atoms with Crippen molar-refractivity contribution < 1.29 is 18.0 Å². The van der Waals surface area contributed by atoms with Gasteiger partial charge in [-0.25, -0.2) is 0 Å². The molecular weight excluding hydrogens is 257 g/mol. The lowest BCUT2D eigenvalue weighted by atomic mass is 9.95. The Labute approximate surface area is 112 Å². The maximum absolute atomic E-state index is 12.5. The maximum atomic E-state index is 12.5. The molecule has 1 amide bonds. The lowest BCUT2D eigenvalue weighted by molar-refractivity contribution is -0.162. The predicted octanol–water partition coefficient (Wildman–Crippen LogP) is 2.42. The largest absolute Gasteiger partial charge is 0.406 e. The van der Waals surface area contributed by atoms with Crippen molar-refractivity contribution in [3.63, 3.8) is 0 Å². The molecule has 1 N–H and O–H groups in total. The standard InChI is InChI=1S/C13H23F3N2O/c1-10(2)8-18(9-13(14,15)16)12(19)6-11-4-3-5-17-7-11/h10-11,17H,3-9H2,1-2H3. The van der Waals surface area contributed by atoms with E-state index in [2.05, 4.69) is 5.32 Å². The first-order chi connectivity index (χ1) is 8.78. The van der Waals surface area contributed by atoms with Crippen LogP contribution in [0.1, 0.15) is 33.1 Å². The Morgan fingerprint density at radius 3 is 2.58 bits per heavy atom. The Kier molecular flexibility index (Phi) is 6.10. The van der Waals surface area contributed by atoms with Gasteiger partial charge in [-0.2, -0.15) is 13.2 Å². The van der Waals surface area contributed by atoms with Gasteiger partial charge in [0.25, 0.3) is 0 Å². The third-order valence-electron chi connectivity index (χ3n) is 3.17. The topological polar surface area (TPSA) is 32.3 Å². The smallest absolute Gasteiger partial charge is 0.333 e. The van der Waals surface area contributed by atoms with Crippen molar-refractivity contribution in [3.8, 4) is 0 Å². The van der Waals surface area contributed by atoms with E-state index in [9.17, 15) is 18.0 Å². The fourth-order valence-corrected chi connectivity index (χ4v) is 2.39. The molecule has 3 nitrogen and oxygen atoms in total. The molecule has 112 valence electrons. The molecule has 0 radical (unpaired) electrons. The Balaban J connectivity index is 2.54. The van der Waals surface area contributed by atoms with Crippen molar-refractivity contribution in [3.05, 3.63) is 0 Å². The molecule has 0 aromatic carbocycles. The number of nitrogens with zero attached hydrogens (tertiary/aromatic N) is 1. The van der Waals surface area contributed by atoms with Gasteiger partial charge in [0.15, 0.2) is 0 Å². The van der Waals surface area contributed by atoms with Crippen molar-refractivity contribution in [2.45, 2.75) is 39.3 Å². The first-order valence-corrected chi connectivity index (χ1v) is 6.83. The van der Waals surface area contributed by atoms with E-state index in [4.69, 9.17) is 0 Å². The third kappa shape index (κ3) is 6.80. The average Bonchev–Trinajstić information content (AvgIpc) is 2.27. The Morgan fingerprint density at radius 2 is 2.11 bits per heavy atom. The van der Waals surface area contributed by atoms with Crippen LogP contribution in [0, 0.1) is 11.8 Å². The molecule has 0 saturated carbocycles. The first kappa shape index (κ1) is 16.3. The summed E-state index contributed by atoms with van der Waals surface area (Å²) >= 11 is 0. The molecule has 1 aliphatic heterocycles. The molecule has 0 spiro atoms. The highest BCUT2D eigenvalue weighted by Crippen LogP contribution is 2.20. The molecule has 1 fully saturated rings. The van der Waals surface area contributed by atoms with E-state index in [1.165, 1.54) is 0 Å². The van der Waals surface area contributed by atoms with E-state index in [0.29, 0.717) is 0 Å². The molecule has 6 heteroatoms. The van der Waals surface area contributed by atoms with E-state index >= 15 is 0 Å². The second-order valence-electron chi connectivity index (χ2n) is 5.70. The fraction of sp³-hybridized carbons (Fsp3) is 0.923. The number of rotatable bonds is 5. The highest BCUT2D eigenvalue weighted by molar-refractivity contribution is 5.76. The second kappa shape index (κ2) is 7.12. The number of piperidine rings is 1. The number of hydrogen-bond donors (Lipinski definition) is 1. The molecule has 1 rings (SSSR count). The van der Waals surface area contributed by atoms with Crippen molar-refractivity contribution in [2.75, 3.05) is 26.2 Å². The van der Waals surface area contributed by atoms with Crippen molar-refractivity contribution in [2.24, 2.45) is 11.8 Å². The molecule has 0 aliphatic carbocycles. The molecule has 0 aromatic heterocycles. The number of nitrogens with one attached hydrogen (secondary N) is 1. The summed E-state index contributed by atoms with van der Waals surface area (Å²) in [5, 5.41) is 3.18. The molecule has 0 bridgehead atoms. The fourth-order valence-electron chi connectivity index (χ4n) is 2.39. The van der Waals surface area contributed by atoms with Crippen LogP contribution >= 0.6 is 0 Å². The molecular formula is C13H23F3N2O. The lowest BCUT2D eigenvalue weighted by Crippen LogP contribution is -2.43. The zero-order valence-electron chi connectivity index (χ0n) is 11.6. The van der Waals surface area contributed by atoms with Gasteiger partial charge in [0.1, 0.15) is 6.54 Å². The van der Waals surface area contributed by atoms with Crippen LogP contribution in [0.4, 0.5) is 13.2 Å². The van der Waals surface area contributed by atoms with Crippen LogP contribution in [0.25, 0.3) is 0 Å². The summed E-state index contributed by atoms with van der Waals surface area (Å²) < 4.78 is 37.5. The summed E-state index contributed by atoms with van der Waals surface area (Å²) in [6.07, 6.45) is -2.20. The van der Waals surface area contributed by atoms with Gasteiger partial charge in [-0.3, -0.25) is 4.79 Å². The minimum Gasteiger partial charge on any atom is -0.333 e. The summed E-state index contributed by atoms with van der Waals surface area (Å²) in [4.78, 5) is 13.0. The molecule has 0 aromatic rings. The van der Waals surface area contributed by atoms with Crippen LogP contribution in [-0.2, 0) is 4.79 Å².